The summed E-state index contributed by atoms with van der Waals surface area (Å²) in [4.78, 5) is 0. The summed E-state index contributed by atoms with van der Waals surface area (Å²) in [6, 6.07) is 8.30. The van der Waals surface area contributed by atoms with Gasteiger partial charge in [0.05, 0.1) is 12.2 Å². The fraction of sp³-hybridized carbons (Fsp3) is 0.571. The first kappa shape index (κ1) is 10.2. The van der Waals surface area contributed by atoms with Gasteiger partial charge in [0.2, 0.25) is 0 Å². The van der Waals surface area contributed by atoms with Crippen molar-refractivity contribution >= 4 is 0 Å². The van der Waals surface area contributed by atoms with Crippen LogP contribution in [0, 0.1) is 0 Å². The van der Waals surface area contributed by atoms with E-state index in [2.05, 4.69) is 12.1 Å². The first-order chi connectivity index (χ1) is 7.83. The van der Waals surface area contributed by atoms with E-state index in [1.165, 1.54) is 18.4 Å². The average Bonchev–Trinajstić information content (AvgIpc) is 3.00. The van der Waals surface area contributed by atoms with E-state index in [1.807, 2.05) is 12.1 Å². The van der Waals surface area contributed by atoms with Crippen molar-refractivity contribution < 1.29 is 9.84 Å². The minimum absolute atomic E-state index is 0.143. The van der Waals surface area contributed by atoms with E-state index in [4.69, 9.17) is 4.74 Å². The molecule has 0 aliphatic heterocycles. The van der Waals surface area contributed by atoms with Crippen LogP contribution in [0.2, 0.25) is 0 Å². The molecule has 1 aromatic carbocycles. The highest BCUT2D eigenvalue weighted by Gasteiger charge is 2.27. The number of ether oxygens (including phenoxy) is 1. The molecule has 2 saturated carbocycles. The van der Waals surface area contributed by atoms with Crippen LogP contribution in [0.1, 0.15) is 43.6 Å². The van der Waals surface area contributed by atoms with Crippen molar-refractivity contribution in [1.29, 1.82) is 0 Å². The Morgan fingerprint density at radius 1 is 1.00 bits per heavy atom. The van der Waals surface area contributed by atoms with E-state index >= 15 is 0 Å². The summed E-state index contributed by atoms with van der Waals surface area (Å²) in [6.07, 6.45) is 5.92. The van der Waals surface area contributed by atoms with Crippen LogP contribution in [0.5, 0.6) is 5.75 Å². The molecule has 0 saturated heterocycles. The Hall–Kier alpha value is -1.02. The lowest BCUT2D eigenvalue weighted by atomic mass is 9.96. The highest BCUT2D eigenvalue weighted by atomic mass is 16.5. The van der Waals surface area contributed by atoms with Gasteiger partial charge >= 0.3 is 0 Å². The van der Waals surface area contributed by atoms with Crippen LogP contribution in [0.4, 0.5) is 0 Å². The number of benzene rings is 1. The maximum Gasteiger partial charge on any atom is 0.119 e. The van der Waals surface area contributed by atoms with Crippen molar-refractivity contribution in [3.8, 4) is 5.75 Å². The molecule has 0 aromatic heterocycles. The van der Waals surface area contributed by atoms with Crippen LogP contribution in [-0.2, 0) is 0 Å². The molecule has 0 heterocycles. The van der Waals surface area contributed by atoms with E-state index < -0.39 is 0 Å². The fourth-order valence-electron chi connectivity index (χ4n) is 2.50. The van der Waals surface area contributed by atoms with Crippen LogP contribution in [0.25, 0.3) is 0 Å². The molecule has 0 radical (unpaired) electrons. The summed E-state index contributed by atoms with van der Waals surface area (Å²) >= 11 is 0. The Bertz CT molecular complexity index is 354. The molecule has 2 aliphatic rings. The molecule has 2 atom stereocenters. The molecular formula is C14H18O2. The molecule has 0 amide bonds. The van der Waals surface area contributed by atoms with Crippen molar-refractivity contribution in [1.82, 2.24) is 0 Å². The van der Waals surface area contributed by atoms with Gasteiger partial charge in [-0.05, 0) is 43.4 Å². The largest absolute Gasteiger partial charge is 0.490 e. The van der Waals surface area contributed by atoms with Crippen LogP contribution >= 0.6 is 0 Å². The maximum absolute atomic E-state index is 9.84. The molecule has 2 nitrogen and oxygen atoms in total. The second-order valence-corrected chi connectivity index (χ2v) is 4.99. The summed E-state index contributed by atoms with van der Waals surface area (Å²) in [5.74, 6) is 1.31. The number of rotatable bonds is 3. The van der Waals surface area contributed by atoms with E-state index in [0.717, 1.165) is 25.0 Å². The molecule has 1 aromatic rings. The molecule has 1 N–H and O–H groups in total. The van der Waals surface area contributed by atoms with Crippen molar-refractivity contribution in [3.05, 3.63) is 29.8 Å². The molecule has 2 fully saturated rings. The maximum atomic E-state index is 9.84. The summed E-state index contributed by atoms with van der Waals surface area (Å²) in [5.41, 5.74) is 1.26. The molecule has 2 unspecified atom stereocenters. The zero-order valence-electron chi connectivity index (χ0n) is 9.43. The predicted octanol–water partition coefficient (Wildman–Crippen LogP) is 2.86. The Morgan fingerprint density at radius 2 is 1.75 bits per heavy atom. The third-order valence-electron chi connectivity index (χ3n) is 3.61. The van der Waals surface area contributed by atoms with Gasteiger partial charge in [0.15, 0.2) is 0 Å². The number of aliphatic hydroxyl groups is 1. The predicted molar refractivity (Wildman–Crippen MR) is 62.7 cm³/mol. The van der Waals surface area contributed by atoms with E-state index in [0.29, 0.717) is 12.0 Å². The van der Waals surface area contributed by atoms with Crippen molar-refractivity contribution in [2.24, 2.45) is 0 Å². The Balaban J connectivity index is 1.70. The highest BCUT2D eigenvalue weighted by Crippen LogP contribution is 2.35. The summed E-state index contributed by atoms with van der Waals surface area (Å²) in [7, 11) is 0. The van der Waals surface area contributed by atoms with Gasteiger partial charge in [-0.3, -0.25) is 0 Å². The summed E-state index contributed by atoms with van der Waals surface area (Å²) < 4.78 is 5.71. The minimum Gasteiger partial charge on any atom is -0.490 e. The van der Waals surface area contributed by atoms with Gasteiger partial charge in [-0.1, -0.05) is 18.6 Å². The molecular weight excluding hydrogens is 200 g/mol. The van der Waals surface area contributed by atoms with Gasteiger partial charge in [-0.15, -0.1) is 0 Å². The normalized spacial score (nSPS) is 29.3. The second-order valence-electron chi connectivity index (χ2n) is 4.99. The van der Waals surface area contributed by atoms with Gasteiger partial charge in [-0.25, -0.2) is 0 Å². The summed E-state index contributed by atoms with van der Waals surface area (Å²) in [6.45, 7) is 0. The number of hydrogen-bond acceptors (Lipinski definition) is 2. The van der Waals surface area contributed by atoms with E-state index in [-0.39, 0.29) is 6.10 Å². The minimum atomic E-state index is -0.143. The first-order valence-corrected chi connectivity index (χ1v) is 6.27. The summed E-state index contributed by atoms with van der Waals surface area (Å²) in [5, 5.41) is 9.84. The number of hydrogen-bond donors (Lipinski definition) is 1. The highest BCUT2D eigenvalue weighted by molar-refractivity contribution is 5.31. The second kappa shape index (κ2) is 4.10. The third-order valence-corrected chi connectivity index (χ3v) is 3.61. The lowest BCUT2D eigenvalue weighted by Gasteiger charge is -2.15. The number of aliphatic hydroxyl groups excluding tert-OH is 1. The van der Waals surface area contributed by atoms with Gasteiger partial charge in [0, 0.05) is 5.92 Å². The van der Waals surface area contributed by atoms with Gasteiger partial charge < -0.3 is 9.84 Å². The van der Waals surface area contributed by atoms with Crippen LogP contribution in [0.3, 0.4) is 0 Å². The molecule has 0 bridgehead atoms. The lowest BCUT2D eigenvalue weighted by molar-refractivity contribution is 0.164. The van der Waals surface area contributed by atoms with E-state index in [1.54, 1.807) is 0 Å². The molecule has 3 rings (SSSR count). The Morgan fingerprint density at radius 3 is 2.31 bits per heavy atom. The van der Waals surface area contributed by atoms with Crippen LogP contribution in [0.15, 0.2) is 24.3 Å². The van der Waals surface area contributed by atoms with Crippen molar-refractivity contribution in [2.45, 2.75) is 50.2 Å². The van der Waals surface area contributed by atoms with Gasteiger partial charge in [0.25, 0.3) is 0 Å². The Kier molecular flexibility index (Phi) is 2.60. The van der Waals surface area contributed by atoms with Crippen molar-refractivity contribution in [2.75, 3.05) is 0 Å². The Labute approximate surface area is 96.2 Å². The molecule has 16 heavy (non-hydrogen) atoms. The smallest absolute Gasteiger partial charge is 0.119 e. The first-order valence-electron chi connectivity index (χ1n) is 6.27. The van der Waals surface area contributed by atoms with E-state index in [9.17, 15) is 5.11 Å². The lowest BCUT2D eigenvalue weighted by Crippen LogP contribution is -2.10. The van der Waals surface area contributed by atoms with Crippen molar-refractivity contribution in [3.63, 3.8) is 0 Å². The standard InChI is InChI=1S/C14H18O2/c15-14-3-1-2-13(14)10-4-6-11(7-5-10)16-12-8-9-12/h4-7,12-15H,1-3,8-9H2. The molecule has 86 valence electrons. The molecule has 0 spiro atoms. The van der Waals surface area contributed by atoms with Gasteiger partial charge in [0.1, 0.15) is 5.75 Å². The zero-order chi connectivity index (χ0) is 11.0. The van der Waals surface area contributed by atoms with Crippen LogP contribution in [-0.4, -0.2) is 17.3 Å². The topological polar surface area (TPSA) is 29.5 Å². The molecule has 2 aliphatic carbocycles. The average molecular weight is 218 g/mol. The quantitative estimate of drug-likeness (QED) is 0.845. The monoisotopic (exact) mass is 218 g/mol. The molecule has 2 heteroatoms. The zero-order valence-corrected chi connectivity index (χ0v) is 9.43. The SMILES string of the molecule is OC1CCCC1c1ccc(OC2CC2)cc1. The van der Waals surface area contributed by atoms with Gasteiger partial charge in [-0.2, -0.15) is 0 Å². The fourth-order valence-corrected chi connectivity index (χ4v) is 2.50. The third kappa shape index (κ3) is 2.07. The van der Waals surface area contributed by atoms with Crippen LogP contribution < -0.4 is 4.74 Å².